The van der Waals surface area contributed by atoms with Crippen LogP contribution < -0.4 is 5.73 Å². The number of carbonyl (C=O) groups excluding carboxylic acids is 1. The Labute approximate surface area is 61.6 Å². The van der Waals surface area contributed by atoms with Crippen LogP contribution in [0.1, 0.15) is 12.8 Å². The Morgan fingerprint density at radius 2 is 1.91 bits per heavy atom. The number of hydrogen-bond donors (Lipinski definition) is 1. The molecular weight excluding hydrogens is 159 g/mol. The predicted octanol–water partition coefficient (Wildman–Crippen LogP) is 0.855. The summed E-state index contributed by atoms with van der Waals surface area (Å²) in [5.74, 6) is -1.29. The summed E-state index contributed by atoms with van der Waals surface area (Å²) in [5, 5.41) is 0. The van der Waals surface area contributed by atoms with Gasteiger partial charge in [0.1, 0.15) is 0 Å². The van der Waals surface area contributed by atoms with E-state index < -0.39 is 23.9 Å². The zero-order valence-corrected chi connectivity index (χ0v) is 5.69. The molecule has 5 heteroatoms. The molecule has 0 radical (unpaired) electrons. The van der Waals surface area contributed by atoms with Crippen LogP contribution in [0.2, 0.25) is 0 Å². The highest BCUT2D eigenvalue weighted by Gasteiger charge is 2.46. The summed E-state index contributed by atoms with van der Waals surface area (Å²) in [4.78, 5) is 10.7. The van der Waals surface area contributed by atoms with Gasteiger partial charge >= 0.3 is 6.18 Å². The van der Waals surface area contributed by atoms with Crippen LogP contribution in [0.25, 0.3) is 0 Å². The molecule has 0 spiro atoms. The van der Waals surface area contributed by atoms with E-state index >= 15 is 0 Å². The van der Waals surface area contributed by atoms with Gasteiger partial charge in [-0.25, -0.2) is 0 Å². The molecule has 2 N–H and O–H groups in total. The SMILES string of the molecule is NC(C(=O)C1CC1)C(F)(F)F. The molecule has 1 aliphatic rings. The van der Waals surface area contributed by atoms with Gasteiger partial charge in [0, 0.05) is 5.92 Å². The molecule has 0 heterocycles. The van der Waals surface area contributed by atoms with Crippen molar-refractivity contribution in [2.45, 2.75) is 25.1 Å². The highest BCUT2D eigenvalue weighted by atomic mass is 19.4. The summed E-state index contributed by atoms with van der Waals surface area (Å²) in [7, 11) is 0. The maximum Gasteiger partial charge on any atom is 0.410 e. The average Bonchev–Trinajstić information content (AvgIpc) is 2.63. The standard InChI is InChI=1S/C6H8F3NO/c7-6(8,9)5(10)4(11)3-1-2-3/h3,5H,1-2,10H2. The molecule has 0 aliphatic heterocycles. The Bertz CT molecular complexity index is 173. The van der Waals surface area contributed by atoms with E-state index in [0.717, 1.165) is 0 Å². The van der Waals surface area contributed by atoms with Crippen molar-refractivity contribution in [3.63, 3.8) is 0 Å². The number of ketones is 1. The molecule has 11 heavy (non-hydrogen) atoms. The zero-order chi connectivity index (χ0) is 8.65. The molecule has 1 atom stereocenters. The van der Waals surface area contributed by atoms with Crippen molar-refractivity contribution in [2.75, 3.05) is 0 Å². The van der Waals surface area contributed by atoms with Crippen molar-refractivity contribution >= 4 is 5.78 Å². The minimum absolute atomic E-state index is 0.424. The quantitative estimate of drug-likeness (QED) is 0.662. The second-order valence-corrected chi connectivity index (χ2v) is 2.70. The first-order valence-corrected chi connectivity index (χ1v) is 3.29. The maximum atomic E-state index is 11.7. The molecule has 1 saturated carbocycles. The fraction of sp³-hybridized carbons (Fsp3) is 0.833. The zero-order valence-electron chi connectivity index (χ0n) is 5.69. The van der Waals surface area contributed by atoms with Crippen molar-refractivity contribution in [3.05, 3.63) is 0 Å². The van der Waals surface area contributed by atoms with Gasteiger partial charge in [0.05, 0.1) is 0 Å². The third-order valence-corrected chi connectivity index (χ3v) is 1.64. The minimum Gasteiger partial charge on any atom is -0.314 e. The van der Waals surface area contributed by atoms with Crippen LogP contribution in [0.15, 0.2) is 0 Å². The average molecular weight is 167 g/mol. The Morgan fingerprint density at radius 3 is 2.18 bits per heavy atom. The first kappa shape index (κ1) is 8.52. The van der Waals surface area contributed by atoms with Crippen LogP contribution in [0.5, 0.6) is 0 Å². The molecule has 0 aromatic rings. The summed E-state index contributed by atoms with van der Waals surface area (Å²) in [6.07, 6.45) is -3.45. The Balaban J connectivity index is 2.52. The number of alkyl halides is 3. The number of nitrogens with two attached hydrogens (primary N) is 1. The van der Waals surface area contributed by atoms with Crippen molar-refractivity contribution in [1.29, 1.82) is 0 Å². The molecule has 0 aromatic heterocycles. The lowest BCUT2D eigenvalue weighted by Gasteiger charge is -2.13. The van der Waals surface area contributed by atoms with E-state index in [1.807, 2.05) is 0 Å². The van der Waals surface area contributed by atoms with Gasteiger partial charge in [-0.3, -0.25) is 4.79 Å². The largest absolute Gasteiger partial charge is 0.410 e. The van der Waals surface area contributed by atoms with E-state index in [0.29, 0.717) is 12.8 Å². The van der Waals surface area contributed by atoms with E-state index in [1.165, 1.54) is 0 Å². The van der Waals surface area contributed by atoms with E-state index in [2.05, 4.69) is 5.73 Å². The van der Waals surface area contributed by atoms with Crippen LogP contribution in [-0.2, 0) is 4.79 Å². The van der Waals surface area contributed by atoms with Crippen molar-refractivity contribution in [2.24, 2.45) is 11.7 Å². The lowest BCUT2D eigenvalue weighted by molar-refractivity contribution is -0.162. The molecule has 0 amide bonds. The van der Waals surface area contributed by atoms with E-state index in [4.69, 9.17) is 0 Å². The molecular formula is C6H8F3NO. The molecule has 1 rings (SSSR count). The smallest absolute Gasteiger partial charge is 0.314 e. The second-order valence-electron chi connectivity index (χ2n) is 2.70. The number of hydrogen-bond acceptors (Lipinski definition) is 2. The molecule has 1 unspecified atom stereocenters. The van der Waals surface area contributed by atoms with Gasteiger partial charge in [-0.1, -0.05) is 0 Å². The van der Waals surface area contributed by atoms with Gasteiger partial charge in [0.25, 0.3) is 0 Å². The van der Waals surface area contributed by atoms with Crippen LogP contribution in [0, 0.1) is 5.92 Å². The number of carbonyl (C=O) groups is 1. The van der Waals surface area contributed by atoms with Crippen molar-refractivity contribution in [3.8, 4) is 0 Å². The fourth-order valence-corrected chi connectivity index (χ4v) is 0.783. The first-order chi connectivity index (χ1) is 4.93. The summed E-state index contributed by atoms with van der Waals surface area (Å²) < 4.78 is 35.2. The maximum absolute atomic E-state index is 11.7. The lowest BCUT2D eigenvalue weighted by Crippen LogP contribution is -2.45. The Kier molecular flexibility index (Phi) is 1.92. The molecule has 64 valence electrons. The Hall–Kier alpha value is -0.580. The molecule has 1 fully saturated rings. The predicted molar refractivity (Wildman–Crippen MR) is 31.8 cm³/mol. The van der Waals surface area contributed by atoms with Gasteiger partial charge in [-0.05, 0) is 12.8 Å². The Morgan fingerprint density at radius 1 is 1.45 bits per heavy atom. The molecule has 2 nitrogen and oxygen atoms in total. The van der Waals surface area contributed by atoms with Crippen molar-refractivity contribution < 1.29 is 18.0 Å². The molecule has 0 saturated heterocycles. The van der Waals surface area contributed by atoms with Crippen LogP contribution >= 0.6 is 0 Å². The highest BCUT2D eigenvalue weighted by Crippen LogP contribution is 2.33. The minimum atomic E-state index is -4.57. The molecule has 0 bridgehead atoms. The van der Waals surface area contributed by atoms with Crippen LogP contribution in [0.4, 0.5) is 13.2 Å². The van der Waals surface area contributed by atoms with Gasteiger partial charge < -0.3 is 5.73 Å². The fourth-order valence-electron chi connectivity index (χ4n) is 0.783. The van der Waals surface area contributed by atoms with Gasteiger partial charge in [0.2, 0.25) is 0 Å². The molecule has 0 aromatic carbocycles. The first-order valence-electron chi connectivity index (χ1n) is 3.29. The summed E-state index contributed by atoms with van der Waals surface area (Å²) in [6, 6.07) is -2.27. The topological polar surface area (TPSA) is 43.1 Å². The molecule has 1 aliphatic carbocycles. The third-order valence-electron chi connectivity index (χ3n) is 1.64. The summed E-state index contributed by atoms with van der Waals surface area (Å²) in [6.45, 7) is 0. The van der Waals surface area contributed by atoms with E-state index in [-0.39, 0.29) is 0 Å². The number of rotatable bonds is 2. The summed E-state index contributed by atoms with van der Waals surface area (Å²) >= 11 is 0. The van der Waals surface area contributed by atoms with Gasteiger partial charge in [0.15, 0.2) is 11.8 Å². The van der Waals surface area contributed by atoms with E-state index in [1.54, 1.807) is 0 Å². The normalized spacial score (nSPS) is 21.5. The highest BCUT2D eigenvalue weighted by molar-refractivity contribution is 5.88. The number of halogens is 3. The monoisotopic (exact) mass is 167 g/mol. The van der Waals surface area contributed by atoms with Gasteiger partial charge in [-0.2, -0.15) is 13.2 Å². The van der Waals surface area contributed by atoms with Gasteiger partial charge in [-0.15, -0.1) is 0 Å². The van der Waals surface area contributed by atoms with Crippen molar-refractivity contribution in [1.82, 2.24) is 0 Å². The third kappa shape index (κ3) is 1.92. The number of Topliss-reactive ketones (excluding diaryl/α,β-unsaturated/α-hetero) is 1. The van der Waals surface area contributed by atoms with Crippen LogP contribution in [-0.4, -0.2) is 18.0 Å². The summed E-state index contributed by atoms with van der Waals surface area (Å²) in [5.41, 5.74) is 4.66. The van der Waals surface area contributed by atoms with Crippen LogP contribution in [0.3, 0.4) is 0 Å². The second kappa shape index (κ2) is 2.48. The lowest BCUT2D eigenvalue weighted by atomic mass is 10.1. The van der Waals surface area contributed by atoms with E-state index in [9.17, 15) is 18.0 Å².